The average molecular weight is 204 g/mol. The Kier molecular flexibility index (Phi) is 2.68. The third-order valence-electron chi connectivity index (χ3n) is 2.72. The van der Waals surface area contributed by atoms with Gasteiger partial charge in [-0.25, -0.2) is 9.97 Å². The second kappa shape index (κ2) is 3.98. The molecule has 1 unspecified atom stereocenters. The summed E-state index contributed by atoms with van der Waals surface area (Å²) in [6.45, 7) is 2.09. The van der Waals surface area contributed by atoms with Crippen LogP contribution in [0.25, 0.3) is 11.2 Å². The predicted molar refractivity (Wildman–Crippen MR) is 60.5 cm³/mol. The Morgan fingerprint density at radius 1 is 1.53 bits per heavy atom. The van der Waals surface area contributed by atoms with Crippen LogP contribution in [0, 0.1) is 0 Å². The molecular weight excluding hydrogens is 188 g/mol. The van der Waals surface area contributed by atoms with Gasteiger partial charge in [-0.05, 0) is 18.6 Å². The molecule has 80 valence electrons. The molecule has 1 atom stereocenters. The molecule has 4 nitrogen and oxygen atoms in total. The zero-order chi connectivity index (χ0) is 10.8. The van der Waals surface area contributed by atoms with Crippen molar-refractivity contribution in [3.05, 3.63) is 24.2 Å². The lowest BCUT2D eigenvalue weighted by atomic mass is 10.1. The molecule has 2 rings (SSSR count). The Morgan fingerprint density at radius 3 is 3.00 bits per heavy atom. The minimum Gasteiger partial charge on any atom is -0.330 e. The van der Waals surface area contributed by atoms with Gasteiger partial charge in [0.15, 0.2) is 5.65 Å². The van der Waals surface area contributed by atoms with Crippen molar-refractivity contribution in [3.63, 3.8) is 0 Å². The monoisotopic (exact) mass is 204 g/mol. The van der Waals surface area contributed by atoms with Crippen LogP contribution in [0.4, 0.5) is 0 Å². The number of pyridine rings is 1. The van der Waals surface area contributed by atoms with E-state index in [-0.39, 0.29) is 6.04 Å². The number of nitrogens with two attached hydrogens (primary N) is 1. The number of hydrogen-bond acceptors (Lipinski definition) is 3. The molecule has 0 saturated carbocycles. The molecule has 2 aromatic rings. The number of hydrogen-bond donors (Lipinski definition) is 1. The molecule has 0 amide bonds. The van der Waals surface area contributed by atoms with Gasteiger partial charge in [-0.1, -0.05) is 6.92 Å². The van der Waals surface area contributed by atoms with E-state index >= 15 is 0 Å². The lowest BCUT2D eigenvalue weighted by Gasteiger charge is -2.07. The summed E-state index contributed by atoms with van der Waals surface area (Å²) >= 11 is 0. The van der Waals surface area contributed by atoms with Crippen molar-refractivity contribution in [1.29, 1.82) is 0 Å². The van der Waals surface area contributed by atoms with Gasteiger partial charge in [0, 0.05) is 25.7 Å². The van der Waals surface area contributed by atoms with E-state index in [0.29, 0.717) is 0 Å². The van der Waals surface area contributed by atoms with E-state index in [1.807, 2.05) is 19.2 Å². The number of aromatic nitrogens is 3. The Labute approximate surface area is 89.1 Å². The van der Waals surface area contributed by atoms with E-state index in [1.165, 1.54) is 0 Å². The second-order valence-electron chi connectivity index (χ2n) is 3.81. The average Bonchev–Trinajstić information content (AvgIpc) is 2.57. The molecule has 2 aromatic heterocycles. The Balaban J connectivity index is 2.40. The standard InChI is InChI=1S/C11H16N4/c1-3-8(12)7-10-14-11-9(15(10)2)5-4-6-13-11/h4-6,8H,3,7,12H2,1-2H3. The van der Waals surface area contributed by atoms with Crippen LogP contribution in [-0.4, -0.2) is 20.6 Å². The summed E-state index contributed by atoms with van der Waals surface area (Å²) in [4.78, 5) is 8.70. The van der Waals surface area contributed by atoms with Crippen LogP contribution in [0.1, 0.15) is 19.2 Å². The molecule has 0 saturated heterocycles. The first-order valence-electron chi connectivity index (χ1n) is 5.24. The van der Waals surface area contributed by atoms with E-state index in [2.05, 4.69) is 21.5 Å². The largest absolute Gasteiger partial charge is 0.330 e. The topological polar surface area (TPSA) is 56.7 Å². The quantitative estimate of drug-likeness (QED) is 0.818. The first kappa shape index (κ1) is 10.1. The molecule has 0 radical (unpaired) electrons. The van der Waals surface area contributed by atoms with Crippen LogP contribution in [0.3, 0.4) is 0 Å². The minimum absolute atomic E-state index is 0.181. The maximum atomic E-state index is 5.92. The van der Waals surface area contributed by atoms with Crippen LogP contribution in [0.15, 0.2) is 18.3 Å². The third-order valence-corrected chi connectivity index (χ3v) is 2.72. The Hall–Kier alpha value is -1.42. The van der Waals surface area contributed by atoms with E-state index < -0.39 is 0 Å². The van der Waals surface area contributed by atoms with Crippen molar-refractivity contribution >= 4 is 11.2 Å². The molecule has 2 N–H and O–H groups in total. The maximum absolute atomic E-state index is 5.92. The summed E-state index contributed by atoms with van der Waals surface area (Å²) in [5, 5.41) is 0. The highest BCUT2D eigenvalue weighted by Gasteiger charge is 2.10. The minimum atomic E-state index is 0.181. The molecule has 0 aromatic carbocycles. The van der Waals surface area contributed by atoms with Gasteiger partial charge < -0.3 is 10.3 Å². The normalized spacial score (nSPS) is 13.3. The van der Waals surface area contributed by atoms with Crippen molar-refractivity contribution in [1.82, 2.24) is 14.5 Å². The van der Waals surface area contributed by atoms with Crippen LogP contribution >= 0.6 is 0 Å². The van der Waals surface area contributed by atoms with Gasteiger partial charge in [0.05, 0.1) is 5.52 Å². The molecule has 15 heavy (non-hydrogen) atoms. The van der Waals surface area contributed by atoms with Crippen molar-refractivity contribution in [2.45, 2.75) is 25.8 Å². The molecule has 0 aliphatic carbocycles. The summed E-state index contributed by atoms with van der Waals surface area (Å²) in [5.41, 5.74) is 7.79. The SMILES string of the molecule is CCC(N)Cc1nc2ncccc2n1C. The fourth-order valence-electron chi connectivity index (χ4n) is 1.63. The van der Waals surface area contributed by atoms with E-state index in [1.54, 1.807) is 6.20 Å². The zero-order valence-corrected chi connectivity index (χ0v) is 9.14. The molecule has 0 aliphatic rings. The van der Waals surface area contributed by atoms with Crippen LogP contribution < -0.4 is 5.73 Å². The van der Waals surface area contributed by atoms with E-state index in [4.69, 9.17) is 5.73 Å². The highest BCUT2D eigenvalue weighted by molar-refractivity contribution is 5.71. The lowest BCUT2D eigenvalue weighted by Crippen LogP contribution is -2.23. The Morgan fingerprint density at radius 2 is 2.33 bits per heavy atom. The summed E-state index contributed by atoms with van der Waals surface area (Å²) in [6.07, 6.45) is 3.54. The number of rotatable bonds is 3. The number of nitrogens with zero attached hydrogens (tertiary/aromatic N) is 3. The highest BCUT2D eigenvalue weighted by Crippen LogP contribution is 2.13. The van der Waals surface area contributed by atoms with Crippen molar-refractivity contribution in [2.75, 3.05) is 0 Å². The smallest absolute Gasteiger partial charge is 0.177 e. The molecule has 0 aliphatic heterocycles. The van der Waals surface area contributed by atoms with Gasteiger partial charge in [-0.2, -0.15) is 0 Å². The van der Waals surface area contributed by atoms with Gasteiger partial charge in [0.2, 0.25) is 0 Å². The van der Waals surface area contributed by atoms with Crippen molar-refractivity contribution in [2.24, 2.45) is 12.8 Å². The fourth-order valence-corrected chi connectivity index (χ4v) is 1.63. The van der Waals surface area contributed by atoms with Crippen LogP contribution in [0.5, 0.6) is 0 Å². The fraction of sp³-hybridized carbons (Fsp3) is 0.455. The Bertz CT molecular complexity index is 461. The lowest BCUT2D eigenvalue weighted by molar-refractivity contribution is 0.612. The number of fused-ring (bicyclic) bond motifs is 1. The molecule has 0 bridgehead atoms. The van der Waals surface area contributed by atoms with Crippen molar-refractivity contribution < 1.29 is 0 Å². The van der Waals surface area contributed by atoms with Crippen LogP contribution in [0.2, 0.25) is 0 Å². The van der Waals surface area contributed by atoms with Gasteiger partial charge in [0.25, 0.3) is 0 Å². The van der Waals surface area contributed by atoms with Crippen molar-refractivity contribution in [3.8, 4) is 0 Å². The summed E-state index contributed by atoms with van der Waals surface area (Å²) in [6, 6.07) is 4.13. The van der Waals surface area contributed by atoms with Gasteiger partial charge >= 0.3 is 0 Å². The van der Waals surface area contributed by atoms with Crippen LogP contribution in [-0.2, 0) is 13.5 Å². The summed E-state index contributed by atoms with van der Waals surface area (Å²) in [5.74, 6) is 1.01. The molecule has 0 spiro atoms. The number of imidazole rings is 1. The third kappa shape index (κ3) is 1.85. The number of aryl methyl sites for hydroxylation is 1. The zero-order valence-electron chi connectivity index (χ0n) is 9.14. The van der Waals surface area contributed by atoms with Gasteiger partial charge in [-0.15, -0.1) is 0 Å². The molecule has 2 heterocycles. The van der Waals surface area contributed by atoms with Gasteiger partial charge in [-0.3, -0.25) is 0 Å². The highest BCUT2D eigenvalue weighted by atomic mass is 15.1. The van der Waals surface area contributed by atoms with E-state index in [0.717, 1.165) is 29.8 Å². The van der Waals surface area contributed by atoms with Gasteiger partial charge in [0.1, 0.15) is 5.82 Å². The second-order valence-corrected chi connectivity index (χ2v) is 3.81. The molecule has 4 heteroatoms. The van der Waals surface area contributed by atoms with E-state index in [9.17, 15) is 0 Å². The summed E-state index contributed by atoms with van der Waals surface area (Å²) < 4.78 is 2.07. The maximum Gasteiger partial charge on any atom is 0.177 e. The molecule has 0 fully saturated rings. The molecular formula is C11H16N4. The predicted octanol–water partition coefficient (Wildman–Crippen LogP) is 1.25. The first-order valence-corrected chi connectivity index (χ1v) is 5.24. The summed E-state index contributed by atoms with van der Waals surface area (Å²) in [7, 11) is 2.01. The first-order chi connectivity index (χ1) is 7.22.